The van der Waals surface area contributed by atoms with Gasteiger partial charge in [-0.25, -0.2) is 0 Å². The van der Waals surface area contributed by atoms with Crippen molar-refractivity contribution in [3.63, 3.8) is 0 Å². The Morgan fingerprint density at radius 2 is 1.82 bits per heavy atom. The minimum Gasteiger partial charge on any atom is -0.337 e. The van der Waals surface area contributed by atoms with Gasteiger partial charge in [0.1, 0.15) is 10.8 Å². The summed E-state index contributed by atoms with van der Waals surface area (Å²) in [7, 11) is 1.78. The second-order valence-electron chi connectivity index (χ2n) is 6.47. The summed E-state index contributed by atoms with van der Waals surface area (Å²) in [6.45, 7) is 5.36. The highest BCUT2D eigenvalue weighted by molar-refractivity contribution is 6.41. The van der Waals surface area contributed by atoms with E-state index in [0.717, 1.165) is 31.8 Å². The molecule has 2 aliphatic rings. The van der Waals surface area contributed by atoms with Crippen LogP contribution in [-0.2, 0) is 7.05 Å². The quantitative estimate of drug-likeness (QED) is 0.842. The Balaban J connectivity index is 1.56. The van der Waals surface area contributed by atoms with Gasteiger partial charge in [-0.1, -0.05) is 23.2 Å². The van der Waals surface area contributed by atoms with Gasteiger partial charge in [-0.15, -0.1) is 0 Å². The first-order valence-corrected chi connectivity index (χ1v) is 8.84. The minimum absolute atomic E-state index is 0.0379. The van der Waals surface area contributed by atoms with Gasteiger partial charge in [0.2, 0.25) is 0 Å². The van der Waals surface area contributed by atoms with Crippen molar-refractivity contribution in [1.29, 1.82) is 0 Å². The van der Waals surface area contributed by atoms with Crippen molar-refractivity contribution in [2.75, 3.05) is 32.7 Å². The SMILES string of the molecule is Cn1c(C(=O)N2CCC(CN3CCCC3)CC2)cc(Cl)c1Cl. The number of likely N-dealkylation sites (tertiary alicyclic amines) is 2. The molecule has 2 aliphatic heterocycles. The first kappa shape index (κ1) is 16.2. The molecule has 0 unspecified atom stereocenters. The van der Waals surface area contributed by atoms with Crippen molar-refractivity contribution in [3.8, 4) is 0 Å². The molecule has 0 spiro atoms. The summed E-state index contributed by atoms with van der Waals surface area (Å²) in [5.74, 6) is 0.763. The average Bonchev–Trinajstić information content (AvgIpc) is 3.12. The van der Waals surface area contributed by atoms with Gasteiger partial charge in [-0.3, -0.25) is 4.79 Å². The summed E-state index contributed by atoms with van der Waals surface area (Å²) in [5, 5.41) is 0.866. The zero-order valence-electron chi connectivity index (χ0n) is 13.0. The van der Waals surface area contributed by atoms with Crippen LogP contribution < -0.4 is 0 Å². The maximum Gasteiger partial charge on any atom is 0.270 e. The molecular weight excluding hydrogens is 321 g/mol. The highest BCUT2D eigenvalue weighted by atomic mass is 35.5. The molecule has 6 heteroatoms. The van der Waals surface area contributed by atoms with Crippen molar-refractivity contribution in [2.45, 2.75) is 25.7 Å². The number of rotatable bonds is 3. The van der Waals surface area contributed by atoms with Crippen LogP contribution in [0.2, 0.25) is 10.2 Å². The van der Waals surface area contributed by atoms with Gasteiger partial charge in [-0.2, -0.15) is 0 Å². The number of carbonyl (C=O) groups excluding carboxylic acids is 1. The number of amides is 1. The summed E-state index contributed by atoms with van der Waals surface area (Å²) in [4.78, 5) is 17.1. The predicted octanol–water partition coefficient (Wildman–Crippen LogP) is 3.28. The van der Waals surface area contributed by atoms with Crippen LogP contribution >= 0.6 is 23.2 Å². The normalized spacial score (nSPS) is 20.8. The van der Waals surface area contributed by atoms with Crippen LogP contribution in [0.15, 0.2) is 6.07 Å². The van der Waals surface area contributed by atoms with Crippen molar-refractivity contribution < 1.29 is 4.79 Å². The standard InChI is InChI=1S/C16H23Cl2N3O/c1-19-14(10-13(17)15(19)18)16(22)21-8-4-12(5-9-21)11-20-6-2-3-7-20/h10,12H,2-9,11H2,1H3. The Labute approximate surface area is 142 Å². The van der Waals surface area contributed by atoms with E-state index in [2.05, 4.69) is 4.90 Å². The van der Waals surface area contributed by atoms with Crippen LogP contribution in [0.4, 0.5) is 0 Å². The molecule has 1 aromatic rings. The average molecular weight is 344 g/mol. The largest absolute Gasteiger partial charge is 0.337 e. The fraction of sp³-hybridized carbons (Fsp3) is 0.688. The number of hydrogen-bond acceptors (Lipinski definition) is 2. The molecule has 0 saturated carbocycles. The van der Waals surface area contributed by atoms with Gasteiger partial charge in [0.25, 0.3) is 5.91 Å². The molecule has 3 rings (SSSR count). The lowest BCUT2D eigenvalue weighted by Gasteiger charge is -2.34. The van der Waals surface area contributed by atoms with E-state index in [1.54, 1.807) is 17.7 Å². The Hall–Kier alpha value is -0.710. The number of halogens is 2. The number of aromatic nitrogens is 1. The Kier molecular flexibility index (Phi) is 5.00. The monoisotopic (exact) mass is 343 g/mol. The second kappa shape index (κ2) is 6.81. The summed E-state index contributed by atoms with van der Waals surface area (Å²) in [6.07, 6.45) is 4.86. The maximum atomic E-state index is 12.6. The summed E-state index contributed by atoms with van der Waals surface area (Å²) < 4.78 is 1.67. The predicted molar refractivity (Wildman–Crippen MR) is 89.7 cm³/mol. The van der Waals surface area contributed by atoms with Crippen LogP contribution in [0.5, 0.6) is 0 Å². The van der Waals surface area contributed by atoms with Gasteiger partial charge >= 0.3 is 0 Å². The first-order valence-electron chi connectivity index (χ1n) is 8.08. The van der Waals surface area contributed by atoms with Gasteiger partial charge in [0, 0.05) is 26.7 Å². The third kappa shape index (κ3) is 3.29. The molecule has 1 aromatic heterocycles. The molecule has 0 aromatic carbocycles. The van der Waals surface area contributed by atoms with E-state index in [1.165, 1.54) is 32.5 Å². The van der Waals surface area contributed by atoms with E-state index in [9.17, 15) is 4.79 Å². The third-order valence-electron chi connectivity index (χ3n) is 4.95. The Morgan fingerprint density at radius 1 is 1.18 bits per heavy atom. The van der Waals surface area contributed by atoms with Gasteiger partial charge in [0.05, 0.1) is 5.02 Å². The van der Waals surface area contributed by atoms with Gasteiger partial charge in [-0.05, 0) is 50.8 Å². The van der Waals surface area contributed by atoms with E-state index >= 15 is 0 Å². The summed E-state index contributed by atoms with van der Waals surface area (Å²) in [5.41, 5.74) is 0.577. The number of hydrogen-bond donors (Lipinski definition) is 0. The molecule has 2 saturated heterocycles. The van der Waals surface area contributed by atoms with Gasteiger partial charge in [0.15, 0.2) is 0 Å². The number of piperidine rings is 1. The van der Waals surface area contributed by atoms with E-state index in [0.29, 0.717) is 15.9 Å². The van der Waals surface area contributed by atoms with Gasteiger partial charge < -0.3 is 14.4 Å². The number of nitrogens with zero attached hydrogens (tertiary/aromatic N) is 3. The molecule has 22 heavy (non-hydrogen) atoms. The molecule has 0 atom stereocenters. The van der Waals surface area contributed by atoms with Crippen molar-refractivity contribution in [2.24, 2.45) is 13.0 Å². The molecule has 1 amide bonds. The summed E-state index contributed by atoms with van der Waals surface area (Å²) in [6, 6.07) is 1.67. The van der Waals surface area contributed by atoms with E-state index in [-0.39, 0.29) is 5.91 Å². The smallest absolute Gasteiger partial charge is 0.270 e. The molecule has 4 nitrogen and oxygen atoms in total. The molecule has 2 fully saturated rings. The molecule has 0 radical (unpaired) electrons. The fourth-order valence-corrected chi connectivity index (χ4v) is 3.93. The third-order valence-corrected chi connectivity index (χ3v) is 5.79. The maximum absolute atomic E-state index is 12.6. The van der Waals surface area contributed by atoms with Crippen LogP contribution in [0, 0.1) is 5.92 Å². The van der Waals surface area contributed by atoms with Crippen molar-refractivity contribution in [3.05, 3.63) is 21.9 Å². The first-order chi connectivity index (χ1) is 10.6. The highest BCUT2D eigenvalue weighted by Gasteiger charge is 2.27. The molecule has 0 aliphatic carbocycles. The fourth-order valence-electron chi connectivity index (χ4n) is 3.56. The van der Waals surface area contributed by atoms with E-state index in [1.807, 2.05) is 4.90 Å². The zero-order valence-corrected chi connectivity index (χ0v) is 14.5. The zero-order chi connectivity index (χ0) is 15.7. The van der Waals surface area contributed by atoms with Crippen LogP contribution in [0.3, 0.4) is 0 Å². The second-order valence-corrected chi connectivity index (χ2v) is 7.24. The minimum atomic E-state index is 0.0379. The highest BCUT2D eigenvalue weighted by Crippen LogP contribution is 2.27. The molecule has 3 heterocycles. The lowest BCUT2D eigenvalue weighted by Crippen LogP contribution is -2.41. The van der Waals surface area contributed by atoms with Crippen molar-refractivity contribution in [1.82, 2.24) is 14.4 Å². The molecule has 0 N–H and O–H groups in total. The van der Waals surface area contributed by atoms with Crippen molar-refractivity contribution >= 4 is 29.1 Å². The molecule has 122 valence electrons. The van der Waals surface area contributed by atoms with Crippen LogP contribution in [-0.4, -0.2) is 53.0 Å². The van der Waals surface area contributed by atoms with Crippen LogP contribution in [0.1, 0.15) is 36.2 Å². The van der Waals surface area contributed by atoms with E-state index in [4.69, 9.17) is 23.2 Å². The topological polar surface area (TPSA) is 28.5 Å². The van der Waals surface area contributed by atoms with E-state index < -0.39 is 0 Å². The lowest BCUT2D eigenvalue weighted by molar-refractivity contribution is 0.0663. The van der Waals surface area contributed by atoms with Crippen LogP contribution in [0.25, 0.3) is 0 Å². The Morgan fingerprint density at radius 3 is 2.36 bits per heavy atom. The summed E-state index contributed by atoms with van der Waals surface area (Å²) >= 11 is 12.1. The number of carbonyl (C=O) groups is 1. The molecular formula is C16H23Cl2N3O. The lowest BCUT2D eigenvalue weighted by atomic mass is 9.96. The Bertz CT molecular complexity index is 544. The molecule has 0 bridgehead atoms.